The van der Waals surface area contributed by atoms with Crippen molar-refractivity contribution < 1.29 is 14.0 Å². The second-order valence-electron chi connectivity index (χ2n) is 5.81. The highest BCUT2D eigenvalue weighted by atomic mass is 16.7. The molecular weight excluding hydrogens is 255 g/mol. The number of hydrogen-bond acceptors (Lipinski definition) is 5. The molecule has 0 spiro atoms. The molecule has 1 aliphatic rings. The van der Waals surface area contributed by atoms with Crippen molar-refractivity contribution in [1.29, 1.82) is 5.26 Å². The number of ether oxygens (including phenoxy) is 1. The van der Waals surface area contributed by atoms with Crippen molar-refractivity contribution in [3.8, 4) is 11.8 Å². The molecule has 1 saturated heterocycles. The molecule has 106 valence electrons. The van der Waals surface area contributed by atoms with E-state index in [2.05, 4.69) is 11.1 Å². The summed E-state index contributed by atoms with van der Waals surface area (Å²) in [6.07, 6.45) is 1.91. The maximum absolute atomic E-state index is 8.87. The minimum atomic E-state index is -0.589. The van der Waals surface area contributed by atoms with E-state index in [0.717, 1.165) is 5.56 Å². The van der Waals surface area contributed by atoms with E-state index >= 15 is 0 Å². The van der Waals surface area contributed by atoms with Gasteiger partial charge >= 0.3 is 7.12 Å². The molecule has 0 aliphatic carbocycles. The number of nitriles is 1. The minimum Gasteiger partial charge on any atom is -0.495 e. The second kappa shape index (κ2) is 5.08. The Kier molecular flexibility index (Phi) is 3.76. The average molecular weight is 274 g/mol. The van der Waals surface area contributed by atoms with Crippen LogP contribution in [-0.4, -0.2) is 30.4 Å². The highest BCUT2D eigenvalue weighted by Crippen LogP contribution is 2.37. The Morgan fingerprint density at radius 3 is 2.40 bits per heavy atom. The van der Waals surface area contributed by atoms with E-state index in [1.54, 1.807) is 19.4 Å². The highest BCUT2D eigenvalue weighted by molar-refractivity contribution is 6.62. The summed E-state index contributed by atoms with van der Waals surface area (Å²) in [5.41, 5.74) is 0.499. The van der Waals surface area contributed by atoms with E-state index < -0.39 is 18.3 Å². The topological polar surface area (TPSA) is 64.4 Å². The first-order valence-electron chi connectivity index (χ1n) is 6.57. The molecule has 0 saturated carbocycles. The van der Waals surface area contributed by atoms with Crippen molar-refractivity contribution in [2.75, 3.05) is 7.11 Å². The summed E-state index contributed by atoms with van der Waals surface area (Å²) in [6, 6.07) is 3.89. The third-order valence-corrected chi connectivity index (χ3v) is 3.96. The monoisotopic (exact) mass is 274 g/mol. The molecule has 0 N–H and O–H groups in total. The number of rotatable bonds is 3. The molecule has 0 atom stereocenters. The second-order valence-corrected chi connectivity index (χ2v) is 5.81. The standard InChI is InChI=1S/C14H19BN2O3/c1-13(2)14(3,4)20-15(19-13)12-11(18-5)10(6-8-16)7-9-17-12/h7,9H,6H2,1-5H3. The molecule has 0 radical (unpaired) electrons. The van der Waals surface area contributed by atoms with Gasteiger partial charge in [0.2, 0.25) is 0 Å². The van der Waals surface area contributed by atoms with Gasteiger partial charge in [0.1, 0.15) is 11.3 Å². The number of aromatic nitrogens is 1. The van der Waals surface area contributed by atoms with Gasteiger partial charge < -0.3 is 14.0 Å². The molecule has 0 aromatic carbocycles. The van der Waals surface area contributed by atoms with Gasteiger partial charge in [-0.3, -0.25) is 4.98 Å². The van der Waals surface area contributed by atoms with Gasteiger partial charge in [-0.2, -0.15) is 5.26 Å². The Bertz CT molecular complexity index is 536. The van der Waals surface area contributed by atoms with E-state index in [4.69, 9.17) is 19.3 Å². The summed E-state index contributed by atoms with van der Waals surface area (Å²) < 4.78 is 17.4. The van der Waals surface area contributed by atoms with Crippen molar-refractivity contribution in [2.24, 2.45) is 0 Å². The molecule has 2 heterocycles. The van der Waals surface area contributed by atoms with Crippen LogP contribution in [0, 0.1) is 11.3 Å². The largest absolute Gasteiger partial charge is 0.518 e. The van der Waals surface area contributed by atoms with Gasteiger partial charge in [-0.05, 0) is 33.8 Å². The third kappa shape index (κ3) is 2.39. The van der Waals surface area contributed by atoms with Crippen LogP contribution < -0.4 is 10.3 Å². The Morgan fingerprint density at radius 1 is 1.30 bits per heavy atom. The lowest BCUT2D eigenvalue weighted by molar-refractivity contribution is 0.00578. The number of pyridine rings is 1. The molecule has 6 heteroatoms. The Hall–Kier alpha value is -1.58. The summed E-state index contributed by atoms with van der Waals surface area (Å²) >= 11 is 0. The fraction of sp³-hybridized carbons (Fsp3) is 0.571. The summed E-state index contributed by atoms with van der Waals surface area (Å²) in [6.45, 7) is 7.94. The molecule has 1 fully saturated rings. The average Bonchev–Trinajstić information content (AvgIpc) is 2.58. The zero-order valence-electron chi connectivity index (χ0n) is 12.6. The third-order valence-electron chi connectivity index (χ3n) is 3.96. The van der Waals surface area contributed by atoms with Gasteiger partial charge in [-0.1, -0.05) is 0 Å². The molecule has 0 unspecified atom stereocenters. The van der Waals surface area contributed by atoms with Gasteiger partial charge in [0, 0.05) is 11.8 Å². The van der Waals surface area contributed by atoms with Crippen LogP contribution in [0.5, 0.6) is 5.75 Å². The van der Waals surface area contributed by atoms with Gasteiger partial charge in [-0.25, -0.2) is 0 Å². The van der Waals surface area contributed by atoms with Crippen molar-refractivity contribution in [3.63, 3.8) is 0 Å². The molecule has 1 aromatic rings. The molecule has 0 amide bonds. The smallest absolute Gasteiger partial charge is 0.495 e. The molecular formula is C14H19BN2O3. The predicted octanol–water partition coefficient (Wildman–Crippen LogP) is 1.46. The minimum absolute atomic E-state index is 0.262. The number of methoxy groups -OCH3 is 1. The molecule has 2 rings (SSSR count). The van der Waals surface area contributed by atoms with Crippen molar-refractivity contribution in [1.82, 2.24) is 4.98 Å². The Morgan fingerprint density at radius 2 is 1.90 bits per heavy atom. The van der Waals surface area contributed by atoms with Crippen LogP contribution >= 0.6 is 0 Å². The lowest BCUT2D eigenvalue weighted by Crippen LogP contribution is -2.41. The fourth-order valence-electron chi connectivity index (χ4n) is 2.09. The van der Waals surface area contributed by atoms with Crippen LogP contribution in [0.3, 0.4) is 0 Å². The van der Waals surface area contributed by atoms with Crippen LogP contribution in [0.2, 0.25) is 0 Å². The van der Waals surface area contributed by atoms with E-state index in [0.29, 0.717) is 11.3 Å². The van der Waals surface area contributed by atoms with Crippen LogP contribution in [0.4, 0.5) is 0 Å². The molecule has 1 aliphatic heterocycles. The maximum atomic E-state index is 8.87. The maximum Gasteiger partial charge on any atom is 0.518 e. The van der Waals surface area contributed by atoms with Crippen LogP contribution in [-0.2, 0) is 15.7 Å². The van der Waals surface area contributed by atoms with E-state index in [1.165, 1.54) is 0 Å². The summed E-state index contributed by atoms with van der Waals surface area (Å²) in [4.78, 5) is 4.32. The van der Waals surface area contributed by atoms with Crippen molar-refractivity contribution in [2.45, 2.75) is 45.3 Å². The number of hydrogen-bond donors (Lipinski definition) is 0. The van der Waals surface area contributed by atoms with Gasteiger partial charge in [0.25, 0.3) is 0 Å². The summed E-state index contributed by atoms with van der Waals surface area (Å²) in [7, 11) is 0.973. The van der Waals surface area contributed by atoms with Crippen molar-refractivity contribution in [3.05, 3.63) is 17.8 Å². The van der Waals surface area contributed by atoms with Gasteiger partial charge in [0.15, 0.2) is 0 Å². The molecule has 1 aromatic heterocycles. The van der Waals surface area contributed by atoms with Gasteiger partial charge in [-0.15, -0.1) is 0 Å². The Balaban J connectivity index is 2.40. The summed E-state index contributed by atoms with van der Waals surface area (Å²) in [5, 5.41) is 8.87. The zero-order chi connectivity index (χ0) is 15.0. The van der Waals surface area contributed by atoms with E-state index in [9.17, 15) is 0 Å². The molecule has 20 heavy (non-hydrogen) atoms. The van der Waals surface area contributed by atoms with Gasteiger partial charge in [0.05, 0.1) is 30.8 Å². The molecule has 0 bridgehead atoms. The normalized spacial score (nSPS) is 19.7. The lowest BCUT2D eigenvalue weighted by atomic mass is 9.82. The zero-order valence-corrected chi connectivity index (χ0v) is 12.6. The highest BCUT2D eigenvalue weighted by Gasteiger charge is 2.53. The molecule has 5 nitrogen and oxygen atoms in total. The van der Waals surface area contributed by atoms with E-state index in [-0.39, 0.29) is 6.42 Å². The van der Waals surface area contributed by atoms with E-state index in [1.807, 2.05) is 27.7 Å². The quantitative estimate of drug-likeness (QED) is 0.781. The van der Waals surface area contributed by atoms with Crippen LogP contribution in [0.25, 0.3) is 0 Å². The van der Waals surface area contributed by atoms with Crippen LogP contribution in [0.1, 0.15) is 33.3 Å². The van der Waals surface area contributed by atoms with Crippen LogP contribution in [0.15, 0.2) is 12.3 Å². The first kappa shape index (κ1) is 14.8. The van der Waals surface area contributed by atoms with Crippen molar-refractivity contribution >= 4 is 12.7 Å². The number of nitrogens with zero attached hydrogens (tertiary/aromatic N) is 2. The summed E-state index contributed by atoms with van der Waals surface area (Å²) in [5.74, 6) is 0.563. The SMILES string of the molecule is COc1c(CC#N)ccnc1B1OC(C)(C)C(C)(C)O1. The first-order valence-corrected chi connectivity index (χ1v) is 6.57. The Labute approximate surface area is 120 Å². The predicted molar refractivity (Wildman–Crippen MR) is 75.8 cm³/mol. The first-order chi connectivity index (χ1) is 9.32. The lowest BCUT2D eigenvalue weighted by Gasteiger charge is -2.32. The fourth-order valence-corrected chi connectivity index (χ4v) is 2.09.